The zero-order valence-corrected chi connectivity index (χ0v) is 33.6. The van der Waals surface area contributed by atoms with Gasteiger partial charge in [-0.25, -0.2) is 0 Å². The van der Waals surface area contributed by atoms with Crippen LogP contribution in [-0.4, -0.2) is 35.4 Å². The molecule has 10 heteroatoms. The third kappa shape index (κ3) is 6.57. The number of hydrogen-bond donors (Lipinski definition) is 2. The largest absolute Gasteiger partial charge is 0.573 e. The Hall–Kier alpha value is -3.04. The number of carboxylic acids is 1. The van der Waals surface area contributed by atoms with Crippen molar-refractivity contribution in [2.45, 2.75) is 145 Å². The van der Waals surface area contributed by atoms with Gasteiger partial charge in [0.2, 0.25) is 5.91 Å². The average molecular weight is 758 g/mol. The Morgan fingerprint density at radius 1 is 0.907 bits per heavy atom. The van der Waals surface area contributed by atoms with Crippen LogP contribution in [-0.2, 0) is 25.7 Å². The zero-order valence-electron chi connectivity index (χ0n) is 33.6. The monoisotopic (exact) mass is 757 g/mol. The lowest BCUT2D eigenvalue weighted by molar-refractivity contribution is -0.274. The minimum Gasteiger partial charge on any atom is -0.481 e. The Labute approximate surface area is 319 Å². The molecule has 5 aliphatic rings. The van der Waals surface area contributed by atoms with Gasteiger partial charge in [0.25, 0.3) is 0 Å². The van der Waals surface area contributed by atoms with Crippen LogP contribution >= 0.6 is 0 Å². The van der Waals surface area contributed by atoms with Gasteiger partial charge in [0.15, 0.2) is 0 Å². The van der Waals surface area contributed by atoms with Gasteiger partial charge < -0.3 is 19.9 Å². The molecule has 5 fully saturated rings. The molecule has 0 unspecified atom stereocenters. The lowest BCUT2D eigenvalue weighted by Crippen LogP contribution is -2.67. The number of hydrogen-bond acceptors (Lipinski definition) is 5. The van der Waals surface area contributed by atoms with Crippen molar-refractivity contribution in [3.05, 3.63) is 42.0 Å². The molecule has 0 spiro atoms. The summed E-state index contributed by atoms with van der Waals surface area (Å²) in [6.45, 7) is 21.8. The normalized spacial score (nSPS) is 38.5. The third-order valence-corrected chi connectivity index (χ3v) is 16.5. The van der Waals surface area contributed by atoms with E-state index in [1.54, 1.807) is 19.9 Å². The first-order valence-corrected chi connectivity index (χ1v) is 20.1. The van der Waals surface area contributed by atoms with Gasteiger partial charge in [-0.3, -0.25) is 14.4 Å². The van der Waals surface area contributed by atoms with E-state index in [-0.39, 0.29) is 64.2 Å². The Kier molecular flexibility index (Phi) is 10.2. The number of aliphatic carboxylic acids is 1. The number of carboxylic acid groups (broad SMARTS) is 1. The molecule has 0 heterocycles. The Balaban J connectivity index is 1.23. The smallest absolute Gasteiger partial charge is 0.481 e. The number of benzene rings is 1. The highest BCUT2D eigenvalue weighted by Gasteiger charge is 2.72. The van der Waals surface area contributed by atoms with Crippen molar-refractivity contribution >= 4 is 17.8 Å². The molecular weight excluding hydrogens is 695 g/mol. The van der Waals surface area contributed by atoms with Gasteiger partial charge >= 0.3 is 18.3 Å². The summed E-state index contributed by atoms with van der Waals surface area (Å²) in [5.41, 5.74) is -0.268. The van der Waals surface area contributed by atoms with Gasteiger partial charge in [-0.05, 0) is 149 Å². The highest BCUT2D eigenvalue weighted by molar-refractivity contribution is 5.84. The number of esters is 1. The van der Waals surface area contributed by atoms with E-state index in [0.717, 1.165) is 69.8 Å². The Bertz CT molecular complexity index is 1670. The minimum atomic E-state index is -4.79. The maximum atomic E-state index is 14.5. The molecule has 0 bridgehead atoms. The average Bonchev–Trinajstić information content (AvgIpc) is 3.46. The summed E-state index contributed by atoms with van der Waals surface area (Å²) >= 11 is 0. The number of allylic oxidation sites excluding steroid dienone is 1. The maximum Gasteiger partial charge on any atom is 0.573 e. The number of halogens is 3. The van der Waals surface area contributed by atoms with Crippen molar-refractivity contribution in [3.8, 4) is 5.75 Å². The molecule has 10 atom stereocenters. The molecule has 0 aromatic heterocycles. The highest BCUT2D eigenvalue weighted by atomic mass is 19.4. The Morgan fingerprint density at radius 3 is 2.26 bits per heavy atom. The van der Waals surface area contributed by atoms with Gasteiger partial charge in [-0.2, -0.15) is 0 Å². The number of rotatable bonds is 9. The lowest BCUT2D eigenvalue weighted by atomic mass is 9.32. The van der Waals surface area contributed by atoms with Gasteiger partial charge in [-0.15, -0.1) is 13.2 Å². The van der Waals surface area contributed by atoms with Crippen LogP contribution in [0.2, 0.25) is 0 Å². The van der Waals surface area contributed by atoms with Crippen LogP contribution in [0.3, 0.4) is 0 Å². The molecule has 1 aromatic carbocycles. The standard InChI is InChI=1S/C44H62F3NO6/c1-26(2)29-15-20-43(36(50)48-25-27-11-10-12-28(23-27)54-44(45,46)47)22-21-41(8)30(35(29)43)13-14-32-40(7)18-17-33(53-34(49)24-38(3,4)37(51)52)39(5,6)31(40)16-19-42(32,41)9/h10-12,23,29-33,35H,1,13-22,24-25H2,2-9H3,(H,48,50)(H,51,52)/t29-,30+,31-,32+,33-,35+,40-,41+,42+,43-/m0/s1. The number of carbonyl (C=O) groups excluding carboxylic acids is 2. The van der Waals surface area contributed by atoms with E-state index >= 15 is 0 Å². The third-order valence-electron chi connectivity index (χ3n) is 16.5. The molecule has 2 N–H and O–H groups in total. The summed E-state index contributed by atoms with van der Waals surface area (Å²) in [5.74, 6) is -0.256. The first kappa shape index (κ1) is 40.6. The molecule has 54 heavy (non-hydrogen) atoms. The van der Waals surface area contributed by atoms with Crippen molar-refractivity contribution in [1.82, 2.24) is 5.32 Å². The number of fused-ring (bicyclic) bond motifs is 7. The second kappa shape index (κ2) is 13.6. The van der Waals surface area contributed by atoms with Crippen molar-refractivity contribution < 1.29 is 42.1 Å². The second-order valence-electron chi connectivity index (χ2n) is 19.9. The highest BCUT2D eigenvalue weighted by Crippen LogP contribution is 2.77. The van der Waals surface area contributed by atoms with E-state index in [1.807, 2.05) is 0 Å². The maximum absolute atomic E-state index is 14.5. The molecule has 0 saturated heterocycles. The number of alkyl halides is 3. The molecule has 0 aliphatic heterocycles. The summed E-state index contributed by atoms with van der Waals surface area (Å²) in [6.07, 6.45) is 4.06. The van der Waals surface area contributed by atoms with Crippen LogP contribution in [0.25, 0.3) is 0 Å². The zero-order chi connectivity index (χ0) is 39.9. The fourth-order valence-corrected chi connectivity index (χ4v) is 13.6. The number of nitrogens with one attached hydrogen (secondary N) is 1. The van der Waals surface area contributed by atoms with Crippen LogP contribution in [0.15, 0.2) is 36.4 Å². The quantitative estimate of drug-likeness (QED) is 0.192. The predicted octanol–water partition coefficient (Wildman–Crippen LogP) is 10.3. The van der Waals surface area contributed by atoms with Gasteiger partial charge in [-0.1, -0.05) is 58.9 Å². The van der Waals surface area contributed by atoms with Crippen molar-refractivity contribution in [2.24, 2.45) is 62.1 Å². The molecule has 5 saturated carbocycles. The van der Waals surface area contributed by atoms with E-state index in [4.69, 9.17) is 4.74 Å². The first-order chi connectivity index (χ1) is 24.9. The summed E-state index contributed by atoms with van der Waals surface area (Å²) < 4.78 is 49.0. The summed E-state index contributed by atoms with van der Waals surface area (Å²) in [5, 5.41) is 12.8. The van der Waals surface area contributed by atoms with E-state index in [2.05, 4.69) is 58.2 Å². The van der Waals surface area contributed by atoms with E-state index in [9.17, 15) is 32.7 Å². The van der Waals surface area contributed by atoms with Crippen LogP contribution in [0.4, 0.5) is 13.2 Å². The second-order valence-corrected chi connectivity index (χ2v) is 19.9. The van der Waals surface area contributed by atoms with Gasteiger partial charge in [0.1, 0.15) is 11.9 Å². The summed E-state index contributed by atoms with van der Waals surface area (Å²) in [6, 6.07) is 5.83. The number of amides is 1. The number of carbonyl (C=O) groups is 3. The van der Waals surface area contributed by atoms with Gasteiger partial charge in [0, 0.05) is 12.0 Å². The van der Waals surface area contributed by atoms with E-state index in [1.165, 1.54) is 18.2 Å². The molecule has 1 aromatic rings. The minimum absolute atomic E-state index is 0.00440. The van der Waals surface area contributed by atoms with E-state index in [0.29, 0.717) is 23.3 Å². The fourth-order valence-electron chi connectivity index (χ4n) is 13.6. The van der Waals surface area contributed by atoms with Crippen molar-refractivity contribution in [3.63, 3.8) is 0 Å². The topological polar surface area (TPSA) is 102 Å². The van der Waals surface area contributed by atoms with Crippen molar-refractivity contribution in [2.75, 3.05) is 0 Å². The van der Waals surface area contributed by atoms with Crippen LogP contribution in [0, 0.1) is 62.1 Å². The van der Waals surface area contributed by atoms with Crippen molar-refractivity contribution in [1.29, 1.82) is 0 Å². The Morgan fingerprint density at radius 2 is 1.61 bits per heavy atom. The van der Waals surface area contributed by atoms with Crippen LogP contribution in [0.1, 0.15) is 132 Å². The predicted molar refractivity (Wildman–Crippen MR) is 200 cm³/mol. The summed E-state index contributed by atoms with van der Waals surface area (Å²) in [7, 11) is 0. The molecule has 5 aliphatic carbocycles. The first-order valence-electron chi connectivity index (χ1n) is 20.1. The van der Waals surface area contributed by atoms with E-state index < -0.39 is 29.1 Å². The fraction of sp³-hybridized carbons (Fsp3) is 0.750. The SMILES string of the molecule is C=C(C)[C@@H]1CC[C@]2(C(=O)NCc3cccc(OC(F)(F)F)c3)CC[C@]3(C)[C@H](CC[C@@H]4[C@@]5(C)CC[C@H](OC(=O)CC(C)(C)C(=O)O)C(C)(C)[C@@H]5CC[C@]43C)[C@@H]12. The molecule has 6 rings (SSSR count). The van der Waals surface area contributed by atoms with Gasteiger partial charge in [0.05, 0.1) is 17.3 Å². The summed E-state index contributed by atoms with van der Waals surface area (Å²) in [4.78, 5) is 39.3. The molecule has 0 radical (unpaired) electrons. The molecule has 7 nitrogen and oxygen atoms in total. The molecule has 1 amide bonds. The van der Waals surface area contributed by atoms with Crippen LogP contribution in [0.5, 0.6) is 5.75 Å². The molecular formula is C44H62F3NO6. The van der Waals surface area contributed by atoms with Crippen LogP contribution < -0.4 is 10.1 Å². The number of ether oxygens (including phenoxy) is 2. The molecule has 300 valence electrons. The lowest BCUT2D eigenvalue weighted by Gasteiger charge is -2.72.